The third-order valence-corrected chi connectivity index (χ3v) is 4.55. The highest BCUT2D eigenvalue weighted by atomic mass is 35.5. The van der Waals surface area contributed by atoms with Crippen LogP contribution in [0.5, 0.6) is 0 Å². The molecular formula is C22H48ClNO. The van der Waals surface area contributed by atoms with Crippen molar-refractivity contribution in [1.82, 2.24) is 4.90 Å². The van der Waals surface area contributed by atoms with E-state index in [1.165, 1.54) is 89.9 Å². The van der Waals surface area contributed by atoms with Gasteiger partial charge in [-0.15, -0.1) is 0 Å². The lowest BCUT2D eigenvalue weighted by Gasteiger charge is -2.08. The normalized spacial score (nSPS) is 12.1. The van der Waals surface area contributed by atoms with Gasteiger partial charge in [0.05, 0.1) is 0 Å². The number of halogens is 1. The number of ether oxygens (including phenoxy) is 1. The summed E-state index contributed by atoms with van der Waals surface area (Å²) in [5, 5.41) is 0. The first kappa shape index (κ1) is 27.4. The molecule has 0 N–H and O–H groups in total. The molecule has 0 aromatic heterocycles. The summed E-state index contributed by atoms with van der Waals surface area (Å²) in [5.74, 6) is 0. The molecule has 0 aliphatic heterocycles. The van der Waals surface area contributed by atoms with Gasteiger partial charge in [0.2, 0.25) is 0 Å². The van der Waals surface area contributed by atoms with Crippen molar-refractivity contribution < 1.29 is 4.74 Å². The first-order valence-corrected chi connectivity index (χ1v) is 11.3. The number of hydrogen-bond acceptors (Lipinski definition) is 2. The summed E-state index contributed by atoms with van der Waals surface area (Å²) in [6.45, 7) is 5.18. The third-order valence-electron chi connectivity index (χ3n) is 4.12. The van der Waals surface area contributed by atoms with Gasteiger partial charge in [-0.2, -0.15) is 0 Å². The summed E-state index contributed by atoms with van der Waals surface area (Å²) in [7, 11) is 6.00. The second kappa shape index (κ2) is 24.2. The van der Waals surface area contributed by atoms with E-state index in [1.807, 2.05) is 26.0 Å². The molecule has 0 aromatic carbocycles. The van der Waals surface area contributed by atoms with Crippen LogP contribution >= 0.6 is 11.6 Å². The Morgan fingerprint density at radius 2 is 0.960 bits per heavy atom. The number of hydrogen-bond donors (Lipinski definition) is 0. The highest BCUT2D eigenvalue weighted by Gasteiger charge is 1.99. The van der Waals surface area contributed by atoms with Gasteiger partial charge in [-0.3, -0.25) is 0 Å². The van der Waals surface area contributed by atoms with Crippen LogP contribution in [0.1, 0.15) is 110 Å². The molecule has 0 aromatic rings. The Morgan fingerprint density at radius 1 is 0.640 bits per heavy atom. The van der Waals surface area contributed by atoms with Gasteiger partial charge in [-0.25, -0.2) is 0 Å². The summed E-state index contributed by atoms with van der Waals surface area (Å²) in [6.07, 6.45) is 20.5. The molecule has 0 fully saturated rings. The van der Waals surface area contributed by atoms with Crippen molar-refractivity contribution in [3.63, 3.8) is 0 Å². The van der Waals surface area contributed by atoms with E-state index in [-0.39, 0.29) is 5.56 Å². The summed E-state index contributed by atoms with van der Waals surface area (Å²) in [6, 6.07) is 0. The van der Waals surface area contributed by atoms with Gasteiger partial charge in [0.1, 0.15) is 5.56 Å². The lowest BCUT2D eigenvalue weighted by molar-refractivity contribution is 0.101. The van der Waals surface area contributed by atoms with Crippen LogP contribution in [0.2, 0.25) is 0 Å². The first-order chi connectivity index (χ1) is 12.0. The van der Waals surface area contributed by atoms with Crippen molar-refractivity contribution in [2.75, 3.05) is 27.7 Å². The molecule has 0 radical (unpaired) electrons. The van der Waals surface area contributed by atoms with E-state index in [4.69, 9.17) is 16.3 Å². The minimum Gasteiger partial charge on any atom is -0.363 e. The molecule has 2 nitrogen and oxygen atoms in total. The van der Waals surface area contributed by atoms with Crippen molar-refractivity contribution in [3.05, 3.63) is 0 Å². The molecule has 154 valence electrons. The van der Waals surface area contributed by atoms with Crippen molar-refractivity contribution in [2.24, 2.45) is 0 Å². The maximum atomic E-state index is 5.90. The highest BCUT2D eigenvalue weighted by Crippen LogP contribution is 2.13. The predicted molar refractivity (Wildman–Crippen MR) is 116 cm³/mol. The van der Waals surface area contributed by atoms with Crippen LogP contribution in [0.3, 0.4) is 0 Å². The van der Waals surface area contributed by atoms with E-state index in [2.05, 4.69) is 13.8 Å². The maximum Gasteiger partial charge on any atom is 0.130 e. The minimum atomic E-state index is -0.0769. The van der Waals surface area contributed by atoms with Crippen molar-refractivity contribution in [1.29, 1.82) is 0 Å². The molecule has 0 heterocycles. The fourth-order valence-corrected chi connectivity index (χ4v) is 2.71. The molecule has 0 rings (SSSR count). The van der Waals surface area contributed by atoms with Crippen molar-refractivity contribution >= 4 is 11.6 Å². The maximum absolute atomic E-state index is 5.90. The van der Waals surface area contributed by atoms with Gasteiger partial charge in [-0.05, 0) is 34.0 Å². The fourth-order valence-electron chi connectivity index (χ4n) is 2.63. The minimum absolute atomic E-state index is 0.0769. The van der Waals surface area contributed by atoms with Crippen molar-refractivity contribution in [2.45, 2.75) is 116 Å². The Balaban J connectivity index is 0. The monoisotopic (exact) mass is 377 g/mol. The zero-order valence-electron chi connectivity index (χ0n) is 18.1. The molecule has 0 aliphatic carbocycles. The Hall–Kier alpha value is 0.210. The molecular weight excluding hydrogens is 330 g/mol. The molecule has 1 atom stereocenters. The lowest BCUT2D eigenvalue weighted by Crippen LogP contribution is -2.04. The van der Waals surface area contributed by atoms with Gasteiger partial charge in [0, 0.05) is 6.61 Å². The predicted octanol–water partition coefficient (Wildman–Crippen LogP) is 7.64. The molecule has 0 saturated heterocycles. The van der Waals surface area contributed by atoms with Crippen molar-refractivity contribution in [3.8, 4) is 0 Å². The first-order valence-electron chi connectivity index (χ1n) is 10.9. The van der Waals surface area contributed by atoms with E-state index in [1.54, 1.807) is 0 Å². The second-order valence-corrected chi connectivity index (χ2v) is 8.11. The van der Waals surface area contributed by atoms with E-state index in [0.717, 1.165) is 13.0 Å². The summed E-state index contributed by atoms with van der Waals surface area (Å²) < 4.78 is 5.46. The molecule has 0 aliphatic rings. The smallest absolute Gasteiger partial charge is 0.130 e. The molecule has 0 spiro atoms. The molecule has 0 saturated carbocycles. The average Bonchev–Trinajstić information content (AvgIpc) is 2.57. The van der Waals surface area contributed by atoms with Crippen LogP contribution in [0.25, 0.3) is 0 Å². The molecule has 3 heteroatoms. The number of nitrogens with zero attached hydrogens (tertiary/aromatic N) is 1. The topological polar surface area (TPSA) is 12.5 Å². The van der Waals surface area contributed by atoms with E-state index in [9.17, 15) is 0 Å². The summed E-state index contributed by atoms with van der Waals surface area (Å²) >= 11 is 5.90. The van der Waals surface area contributed by atoms with Crippen LogP contribution in [-0.2, 0) is 4.74 Å². The average molecular weight is 378 g/mol. The third kappa shape index (κ3) is 32.4. The lowest BCUT2D eigenvalue weighted by atomic mass is 10.0. The molecule has 0 amide bonds. The summed E-state index contributed by atoms with van der Waals surface area (Å²) in [4.78, 5) is 2.00. The zero-order chi connectivity index (χ0) is 19.2. The largest absolute Gasteiger partial charge is 0.363 e. The SMILES string of the molecule is CCCCCCCCCCCCCCCCOC(Cl)CC.CN(C)C. The van der Waals surface area contributed by atoms with Gasteiger partial charge < -0.3 is 9.64 Å². The Morgan fingerprint density at radius 3 is 1.28 bits per heavy atom. The Labute approximate surface area is 165 Å². The van der Waals surface area contributed by atoms with Crippen LogP contribution in [-0.4, -0.2) is 38.2 Å². The fraction of sp³-hybridized carbons (Fsp3) is 1.00. The van der Waals surface area contributed by atoms with Crippen LogP contribution in [0, 0.1) is 0 Å². The molecule has 1 unspecified atom stereocenters. The summed E-state index contributed by atoms with van der Waals surface area (Å²) in [5.41, 5.74) is -0.0769. The standard InChI is InChI=1S/C19H39ClO.C3H9N/c1-3-5-6-7-8-9-10-11-12-13-14-15-16-17-18-21-19(20)4-2;1-4(2)3/h19H,3-18H2,1-2H3;1-3H3. The van der Waals surface area contributed by atoms with Gasteiger partial charge >= 0.3 is 0 Å². The Bertz CT molecular complexity index is 221. The highest BCUT2D eigenvalue weighted by molar-refractivity contribution is 6.19. The number of unbranched alkanes of at least 4 members (excludes halogenated alkanes) is 13. The van der Waals surface area contributed by atoms with Gasteiger partial charge in [-0.1, -0.05) is 109 Å². The number of alkyl halides is 1. The second-order valence-electron chi connectivity index (χ2n) is 7.63. The van der Waals surface area contributed by atoms with E-state index >= 15 is 0 Å². The van der Waals surface area contributed by atoms with Crippen LogP contribution in [0.4, 0.5) is 0 Å². The van der Waals surface area contributed by atoms with Crippen LogP contribution in [0.15, 0.2) is 0 Å². The van der Waals surface area contributed by atoms with E-state index in [0.29, 0.717) is 0 Å². The van der Waals surface area contributed by atoms with Crippen LogP contribution < -0.4 is 0 Å². The quantitative estimate of drug-likeness (QED) is 0.191. The van der Waals surface area contributed by atoms with E-state index < -0.39 is 0 Å². The van der Waals surface area contributed by atoms with Gasteiger partial charge in [0.15, 0.2) is 0 Å². The number of rotatable bonds is 17. The zero-order valence-corrected chi connectivity index (χ0v) is 18.9. The molecule has 25 heavy (non-hydrogen) atoms. The molecule has 0 bridgehead atoms. The van der Waals surface area contributed by atoms with Gasteiger partial charge in [0.25, 0.3) is 0 Å². The Kier molecular flexibility index (Phi) is 26.6.